The lowest BCUT2D eigenvalue weighted by molar-refractivity contribution is 0.145. The Balaban J connectivity index is 1.83. The molecule has 0 bridgehead atoms. The van der Waals surface area contributed by atoms with Gasteiger partial charge in [0.1, 0.15) is 5.69 Å². The normalized spacial score (nSPS) is 12.0. The van der Waals surface area contributed by atoms with Gasteiger partial charge in [0.05, 0.1) is 46.4 Å². The topological polar surface area (TPSA) is 67.6 Å². The van der Waals surface area contributed by atoms with Crippen LogP contribution in [0.2, 0.25) is 0 Å². The monoisotopic (exact) mass is 469 g/mol. The van der Waals surface area contributed by atoms with Crippen molar-refractivity contribution >= 4 is 0 Å². The van der Waals surface area contributed by atoms with E-state index in [1.54, 1.807) is 26.0 Å². The van der Waals surface area contributed by atoms with Gasteiger partial charge >= 0.3 is 0 Å². The fourth-order valence-electron chi connectivity index (χ4n) is 3.39. The fraction of sp³-hybridized carbons (Fsp3) is 0.481. The molecule has 0 N–H and O–H groups in total. The molecule has 7 heteroatoms. The van der Waals surface area contributed by atoms with Gasteiger partial charge in [-0.25, -0.2) is 4.68 Å². The summed E-state index contributed by atoms with van der Waals surface area (Å²) in [6.45, 7) is 9.59. The summed E-state index contributed by atoms with van der Waals surface area (Å²) in [6, 6.07) is 3.65. The van der Waals surface area contributed by atoms with E-state index in [-0.39, 0.29) is 0 Å². The first-order chi connectivity index (χ1) is 16.4. The van der Waals surface area contributed by atoms with Crippen molar-refractivity contribution in [1.82, 2.24) is 15.0 Å². The first-order valence-electron chi connectivity index (χ1n) is 11.6. The number of methoxy groups -OCH3 is 3. The molecule has 0 saturated heterocycles. The molecule has 2 aromatic rings. The predicted molar refractivity (Wildman–Crippen MR) is 136 cm³/mol. The van der Waals surface area contributed by atoms with Crippen molar-refractivity contribution in [3.05, 3.63) is 59.0 Å². The molecule has 0 spiro atoms. The molecule has 1 aromatic carbocycles. The number of allylic oxidation sites excluding steroid dienone is 5. The Kier molecular flexibility index (Phi) is 11.4. The summed E-state index contributed by atoms with van der Waals surface area (Å²) in [5, 5.41) is 8.41. The Labute approximate surface area is 204 Å². The molecule has 34 heavy (non-hydrogen) atoms. The maximum absolute atomic E-state index is 5.79. The zero-order valence-corrected chi connectivity index (χ0v) is 21.7. The molecule has 2 rings (SSSR count). The number of rotatable bonds is 14. The second-order valence-corrected chi connectivity index (χ2v) is 8.51. The van der Waals surface area contributed by atoms with E-state index < -0.39 is 0 Å². The second-order valence-electron chi connectivity index (χ2n) is 8.51. The summed E-state index contributed by atoms with van der Waals surface area (Å²) in [6.07, 6.45) is 13.0. The summed E-state index contributed by atoms with van der Waals surface area (Å²) in [7, 11) is 4.74. The molecular weight excluding hydrogens is 430 g/mol. The van der Waals surface area contributed by atoms with Crippen LogP contribution in [0.15, 0.2) is 53.3 Å². The third-order valence-corrected chi connectivity index (χ3v) is 5.38. The lowest BCUT2D eigenvalue weighted by Gasteiger charge is -2.13. The van der Waals surface area contributed by atoms with Crippen LogP contribution in [0.25, 0.3) is 5.69 Å². The quantitative estimate of drug-likeness (QED) is 0.241. The van der Waals surface area contributed by atoms with E-state index in [1.807, 2.05) is 18.3 Å². The van der Waals surface area contributed by atoms with Crippen LogP contribution in [0.1, 0.15) is 59.1 Å². The Hall–Kier alpha value is -3.06. The molecule has 1 aromatic heterocycles. The molecule has 0 atom stereocenters. The number of benzene rings is 1. The SMILES string of the molecule is COc1cc(-n2cc(COC/C=C(\C)CC/C=C(\C)CCC=C(C)C)nn2)cc(OC)c1OC. The van der Waals surface area contributed by atoms with Gasteiger partial charge in [0, 0.05) is 12.1 Å². The molecule has 0 unspecified atom stereocenters. The summed E-state index contributed by atoms with van der Waals surface area (Å²) in [5.74, 6) is 1.65. The van der Waals surface area contributed by atoms with E-state index in [2.05, 4.69) is 56.2 Å². The van der Waals surface area contributed by atoms with Gasteiger partial charge < -0.3 is 18.9 Å². The number of nitrogens with zero attached hydrogens (tertiary/aromatic N) is 3. The smallest absolute Gasteiger partial charge is 0.203 e. The molecular formula is C27H39N3O4. The van der Waals surface area contributed by atoms with Crippen LogP contribution in [0.4, 0.5) is 0 Å². The van der Waals surface area contributed by atoms with Gasteiger partial charge in [-0.05, 0) is 53.4 Å². The van der Waals surface area contributed by atoms with E-state index in [0.717, 1.165) is 37.1 Å². The third-order valence-electron chi connectivity index (χ3n) is 5.38. The first kappa shape index (κ1) is 27.2. The van der Waals surface area contributed by atoms with Gasteiger partial charge in [0.2, 0.25) is 5.75 Å². The average Bonchev–Trinajstić information content (AvgIpc) is 3.29. The summed E-state index contributed by atoms with van der Waals surface area (Å²) in [4.78, 5) is 0. The summed E-state index contributed by atoms with van der Waals surface area (Å²) < 4.78 is 23.6. The standard InChI is InChI=1S/C27H39N3O4/c1-20(2)10-8-11-21(3)12-9-13-22(4)14-15-34-19-23-18-30(29-28-23)24-16-25(31-5)27(33-7)26(17-24)32-6/h10,12,14,16-18H,8-9,11,13,15,19H2,1-7H3/b21-12+,22-14+. The Morgan fingerprint density at radius 3 is 2.06 bits per heavy atom. The highest BCUT2D eigenvalue weighted by atomic mass is 16.5. The van der Waals surface area contributed by atoms with E-state index >= 15 is 0 Å². The van der Waals surface area contributed by atoms with Gasteiger partial charge in [-0.1, -0.05) is 40.2 Å². The van der Waals surface area contributed by atoms with Gasteiger partial charge in [-0.3, -0.25) is 0 Å². The highest BCUT2D eigenvalue weighted by molar-refractivity contribution is 5.58. The number of ether oxygens (including phenoxy) is 4. The van der Waals surface area contributed by atoms with E-state index in [4.69, 9.17) is 18.9 Å². The molecule has 0 amide bonds. The lowest BCUT2D eigenvalue weighted by atomic mass is 10.1. The minimum absolute atomic E-state index is 0.386. The molecule has 186 valence electrons. The maximum atomic E-state index is 5.79. The molecule has 1 heterocycles. The van der Waals surface area contributed by atoms with Crippen molar-refractivity contribution < 1.29 is 18.9 Å². The van der Waals surface area contributed by atoms with Crippen molar-refractivity contribution in [1.29, 1.82) is 0 Å². The molecule has 0 aliphatic rings. The van der Waals surface area contributed by atoms with E-state index in [0.29, 0.717) is 30.5 Å². The second kappa shape index (κ2) is 14.3. The van der Waals surface area contributed by atoms with Crippen LogP contribution in [-0.4, -0.2) is 42.9 Å². The Bertz CT molecular complexity index is 976. The molecule has 7 nitrogen and oxygen atoms in total. The van der Waals surface area contributed by atoms with Gasteiger partial charge in [0.25, 0.3) is 0 Å². The predicted octanol–water partition coefficient (Wildman–Crippen LogP) is 6.23. The fourth-order valence-corrected chi connectivity index (χ4v) is 3.39. The Morgan fingerprint density at radius 1 is 0.853 bits per heavy atom. The minimum Gasteiger partial charge on any atom is -0.493 e. The van der Waals surface area contributed by atoms with E-state index in [9.17, 15) is 0 Å². The highest BCUT2D eigenvalue weighted by Gasteiger charge is 2.15. The van der Waals surface area contributed by atoms with E-state index in [1.165, 1.54) is 16.7 Å². The summed E-state index contributed by atoms with van der Waals surface area (Å²) >= 11 is 0. The molecule has 0 radical (unpaired) electrons. The zero-order chi connectivity index (χ0) is 24.9. The zero-order valence-electron chi connectivity index (χ0n) is 21.7. The van der Waals surface area contributed by atoms with Crippen molar-refractivity contribution in [3.63, 3.8) is 0 Å². The number of hydrogen-bond acceptors (Lipinski definition) is 6. The molecule has 0 aliphatic carbocycles. The largest absolute Gasteiger partial charge is 0.493 e. The molecule has 0 aliphatic heterocycles. The number of hydrogen-bond donors (Lipinski definition) is 0. The molecule has 0 saturated carbocycles. The van der Waals surface area contributed by atoms with Crippen molar-refractivity contribution in [2.24, 2.45) is 0 Å². The van der Waals surface area contributed by atoms with Gasteiger partial charge in [-0.15, -0.1) is 5.10 Å². The number of aromatic nitrogens is 3. The summed E-state index contributed by atoms with van der Waals surface area (Å²) in [5.41, 5.74) is 5.67. The van der Waals surface area contributed by atoms with Gasteiger partial charge in [0.15, 0.2) is 11.5 Å². The van der Waals surface area contributed by atoms with Gasteiger partial charge in [-0.2, -0.15) is 0 Å². The third kappa shape index (κ3) is 8.71. The van der Waals surface area contributed by atoms with Crippen molar-refractivity contribution in [2.75, 3.05) is 27.9 Å². The molecule has 0 fully saturated rings. The van der Waals surface area contributed by atoms with Crippen LogP contribution in [0, 0.1) is 0 Å². The van der Waals surface area contributed by atoms with Crippen LogP contribution in [0.5, 0.6) is 17.2 Å². The van der Waals surface area contributed by atoms with Crippen LogP contribution in [-0.2, 0) is 11.3 Å². The lowest BCUT2D eigenvalue weighted by Crippen LogP contribution is -2.00. The Morgan fingerprint density at radius 2 is 1.47 bits per heavy atom. The highest BCUT2D eigenvalue weighted by Crippen LogP contribution is 2.39. The van der Waals surface area contributed by atoms with Crippen LogP contribution in [0.3, 0.4) is 0 Å². The van der Waals surface area contributed by atoms with Crippen LogP contribution >= 0.6 is 0 Å². The van der Waals surface area contributed by atoms with Crippen molar-refractivity contribution in [3.8, 4) is 22.9 Å². The minimum atomic E-state index is 0.386. The first-order valence-corrected chi connectivity index (χ1v) is 11.6. The van der Waals surface area contributed by atoms with Crippen LogP contribution < -0.4 is 14.2 Å². The van der Waals surface area contributed by atoms with Crippen molar-refractivity contribution in [2.45, 2.75) is 60.0 Å². The maximum Gasteiger partial charge on any atom is 0.203 e. The average molecular weight is 470 g/mol.